The Morgan fingerprint density at radius 2 is 2.04 bits per heavy atom. The molecule has 1 atom stereocenters. The van der Waals surface area contributed by atoms with Crippen molar-refractivity contribution in [3.8, 4) is 0 Å². The highest BCUT2D eigenvalue weighted by Crippen LogP contribution is 2.23. The number of aryl methyl sites for hydroxylation is 1. The molecule has 3 rings (SSSR count). The Morgan fingerprint density at radius 1 is 1.24 bits per heavy atom. The predicted octanol–water partition coefficient (Wildman–Crippen LogP) is 4.11. The molecule has 25 heavy (non-hydrogen) atoms. The first-order valence-electron chi connectivity index (χ1n) is 8.91. The third-order valence-electron chi connectivity index (χ3n) is 4.56. The van der Waals surface area contributed by atoms with Crippen LogP contribution in [0.4, 0.5) is 11.5 Å². The summed E-state index contributed by atoms with van der Waals surface area (Å²) in [4.78, 5) is 6.79. The predicted molar refractivity (Wildman–Crippen MR) is 109 cm³/mol. The molecule has 1 aromatic carbocycles. The van der Waals surface area contributed by atoms with Gasteiger partial charge in [0.05, 0.1) is 0 Å². The van der Waals surface area contributed by atoms with E-state index in [1.165, 1.54) is 30.6 Å². The molecule has 0 aliphatic carbocycles. The maximum absolute atomic E-state index is 5.34. The van der Waals surface area contributed by atoms with Gasteiger partial charge in [-0.1, -0.05) is 25.1 Å². The Morgan fingerprint density at radius 3 is 2.72 bits per heavy atom. The molecule has 5 heteroatoms. The van der Waals surface area contributed by atoms with Gasteiger partial charge in [-0.15, -0.1) is 0 Å². The Bertz CT molecular complexity index is 697. The van der Waals surface area contributed by atoms with Crippen LogP contribution < -0.4 is 15.5 Å². The number of nitrogens with zero attached hydrogens (tertiary/aromatic N) is 2. The first-order valence-corrected chi connectivity index (χ1v) is 9.32. The number of thiocarbonyl (C=S) groups is 1. The fourth-order valence-electron chi connectivity index (χ4n) is 3.13. The average Bonchev–Trinajstić information content (AvgIpc) is 2.62. The number of nitrogens with one attached hydrogen (secondary N) is 2. The van der Waals surface area contributed by atoms with Gasteiger partial charge in [-0.3, -0.25) is 0 Å². The molecule has 1 saturated heterocycles. The van der Waals surface area contributed by atoms with Crippen LogP contribution in [0.2, 0.25) is 0 Å². The van der Waals surface area contributed by atoms with E-state index >= 15 is 0 Å². The molecule has 0 radical (unpaired) electrons. The lowest BCUT2D eigenvalue weighted by Gasteiger charge is -2.32. The van der Waals surface area contributed by atoms with Crippen LogP contribution in [0.1, 0.15) is 30.9 Å². The fraction of sp³-hybridized carbons (Fsp3) is 0.400. The molecule has 1 aromatic heterocycles. The van der Waals surface area contributed by atoms with E-state index in [1.54, 1.807) is 0 Å². The number of benzene rings is 1. The molecule has 2 N–H and O–H groups in total. The van der Waals surface area contributed by atoms with Crippen molar-refractivity contribution in [1.29, 1.82) is 0 Å². The smallest absolute Gasteiger partial charge is 0.172 e. The number of hydrogen-bond acceptors (Lipinski definition) is 3. The minimum atomic E-state index is 0.588. The quantitative estimate of drug-likeness (QED) is 0.809. The average molecular weight is 355 g/mol. The minimum Gasteiger partial charge on any atom is -0.371 e. The lowest BCUT2D eigenvalue weighted by atomic mass is 9.99. The van der Waals surface area contributed by atoms with Gasteiger partial charge in [-0.25, -0.2) is 4.98 Å². The second kappa shape index (κ2) is 8.30. The van der Waals surface area contributed by atoms with E-state index in [0.717, 1.165) is 23.8 Å². The monoisotopic (exact) mass is 354 g/mol. The van der Waals surface area contributed by atoms with Crippen LogP contribution in [-0.4, -0.2) is 23.2 Å². The Labute approximate surface area is 155 Å². The number of hydrogen-bond donors (Lipinski definition) is 2. The van der Waals surface area contributed by atoms with Crippen molar-refractivity contribution in [2.75, 3.05) is 23.3 Å². The van der Waals surface area contributed by atoms with Gasteiger partial charge in [-0.05, 0) is 67.2 Å². The molecule has 0 amide bonds. The molecule has 1 fully saturated rings. The number of rotatable bonds is 4. The van der Waals surface area contributed by atoms with Crippen LogP contribution in [0.15, 0.2) is 42.6 Å². The van der Waals surface area contributed by atoms with E-state index < -0.39 is 0 Å². The van der Waals surface area contributed by atoms with E-state index in [0.29, 0.717) is 11.7 Å². The highest BCUT2D eigenvalue weighted by Gasteiger charge is 2.16. The molecule has 2 heterocycles. The fourth-order valence-corrected chi connectivity index (χ4v) is 3.31. The molecular weight excluding hydrogens is 328 g/mol. The number of anilines is 2. The summed E-state index contributed by atoms with van der Waals surface area (Å²) in [6.07, 6.45) is 4.46. The summed E-state index contributed by atoms with van der Waals surface area (Å²) in [7, 11) is 0. The van der Waals surface area contributed by atoms with Crippen LogP contribution in [0, 0.1) is 12.8 Å². The van der Waals surface area contributed by atoms with Gasteiger partial charge >= 0.3 is 0 Å². The third-order valence-corrected chi connectivity index (χ3v) is 4.81. The zero-order valence-corrected chi connectivity index (χ0v) is 15.8. The molecule has 1 aliphatic heterocycles. The highest BCUT2D eigenvalue weighted by atomic mass is 32.1. The topological polar surface area (TPSA) is 40.2 Å². The summed E-state index contributed by atoms with van der Waals surface area (Å²) in [5.41, 5.74) is 3.67. The number of aromatic nitrogens is 1. The van der Waals surface area contributed by atoms with Crippen LogP contribution in [0.5, 0.6) is 0 Å². The summed E-state index contributed by atoms with van der Waals surface area (Å²) in [5, 5.41) is 6.93. The molecule has 0 spiro atoms. The maximum Gasteiger partial charge on any atom is 0.172 e. The van der Waals surface area contributed by atoms with Gasteiger partial charge in [0.15, 0.2) is 5.11 Å². The number of pyridine rings is 1. The van der Waals surface area contributed by atoms with Crippen molar-refractivity contribution in [3.63, 3.8) is 0 Å². The van der Waals surface area contributed by atoms with Crippen molar-refractivity contribution in [2.45, 2.75) is 33.2 Å². The summed E-state index contributed by atoms with van der Waals surface area (Å²) in [6, 6.07) is 12.7. The normalized spacial score (nSPS) is 17.2. The van der Waals surface area contributed by atoms with Gasteiger partial charge < -0.3 is 15.5 Å². The highest BCUT2D eigenvalue weighted by molar-refractivity contribution is 7.80. The molecule has 0 bridgehead atoms. The third kappa shape index (κ3) is 5.16. The summed E-state index contributed by atoms with van der Waals surface area (Å²) in [5.74, 6) is 1.55. The zero-order valence-electron chi connectivity index (χ0n) is 15.0. The molecule has 0 unspecified atom stereocenters. The van der Waals surface area contributed by atoms with Gasteiger partial charge in [0.2, 0.25) is 0 Å². The first-order chi connectivity index (χ1) is 12.1. The minimum absolute atomic E-state index is 0.588. The van der Waals surface area contributed by atoms with Crippen LogP contribution >= 0.6 is 12.2 Å². The molecule has 0 saturated carbocycles. The summed E-state index contributed by atoms with van der Waals surface area (Å²) < 4.78 is 0. The van der Waals surface area contributed by atoms with Gasteiger partial charge in [0.1, 0.15) is 5.82 Å². The van der Waals surface area contributed by atoms with Crippen molar-refractivity contribution in [2.24, 2.45) is 5.92 Å². The Kier molecular flexibility index (Phi) is 5.87. The molecule has 132 valence electrons. The number of piperidine rings is 1. The van der Waals surface area contributed by atoms with Gasteiger partial charge in [0, 0.05) is 31.5 Å². The lowest BCUT2D eigenvalue weighted by Crippen LogP contribution is -2.34. The zero-order chi connectivity index (χ0) is 17.6. The standard InChI is InChI=1S/C20H26N4S/c1-15-5-10-19(21-12-15)23-20(25)22-13-17-6-8-18(9-7-17)24-11-3-4-16(2)14-24/h5-10,12,16H,3-4,11,13-14H2,1-2H3,(H2,21,22,23,25)/t16-/m0/s1. The van der Waals surface area contributed by atoms with Crippen molar-refractivity contribution < 1.29 is 0 Å². The van der Waals surface area contributed by atoms with E-state index in [-0.39, 0.29) is 0 Å². The lowest BCUT2D eigenvalue weighted by molar-refractivity contribution is 0.447. The molecule has 2 aromatic rings. The van der Waals surface area contributed by atoms with Gasteiger partial charge in [0.25, 0.3) is 0 Å². The van der Waals surface area contributed by atoms with E-state index in [4.69, 9.17) is 12.2 Å². The molecular formula is C20H26N4S. The van der Waals surface area contributed by atoms with Crippen molar-refractivity contribution >= 4 is 28.8 Å². The van der Waals surface area contributed by atoms with Crippen molar-refractivity contribution in [3.05, 3.63) is 53.7 Å². The second-order valence-corrected chi connectivity index (χ2v) is 7.30. The van der Waals surface area contributed by atoms with Crippen LogP contribution in [0.25, 0.3) is 0 Å². The molecule has 4 nitrogen and oxygen atoms in total. The molecule has 1 aliphatic rings. The SMILES string of the molecule is Cc1ccc(NC(=S)NCc2ccc(N3CCC[C@H](C)C3)cc2)nc1. The van der Waals surface area contributed by atoms with E-state index in [1.807, 2.05) is 25.3 Å². The maximum atomic E-state index is 5.34. The summed E-state index contributed by atoms with van der Waals surface area (Å²) >= 11 is 5.34. The van der Waals surface area contributed by atoms with Gasteiger partial charge in [-0.2, -0.15) is 0 Å². The van der Waals surface area contributed by atoms with Crippen LogP contribution in [-0.2, 0) is 6.54 Å². The summed E-state index contributed by atoms with van der Waals surface area (Å²) in [6.45, 7) is 7.38. The van der Waals surface area contributed by atoms with E-state index in [9.17, 15) is 0 Å². The largest absolute Gasteiger partial charge is 0.371 e. The Hall–Kier alpha value is -2.14. The van der Waals surface area contributed by atoms with E-state index in [2.05, 4.69) is 51.7 Å². The van der Waals surface area contributed by atoms with Crippen LogP contribution in [0.3, 0.4) is 0 Å². The van der Waals surface area contributed by atoms with Crippen molar-refractivity contribution in [1.82, 2.24) is 10.3 Å². The first kappa shape index (κ1) is 17.7. The second-order valence-electron chi connectivity index (χ2n) is 6.89. The Balaban J connectivity index is 1.49.